The number of nitrogens with one attached hydrogen (secondary N) is 1. The van der Waals surface area contributed by atoms with Gasteiger partial charge in [-0.3, -0.25) is 0 Å². The molecule has 0 bridgehead atoms. The van der Waals surface area contributed by atoms with Crippen LogP contribution in [-0.2, 0) is 0 Å². The molecule has 0 aromatic carbocycles. The topological polar surface area (TPSA) is 69.2 Å². The van der Waals surface area contributed by atoms with Crippen LogP contribution in [0.15, 0.2) is 24.7 Å². The minimum absolute atomic E-state index is 0.249. The van der Waals surface area contributed by atoms with Gasteiger partial charge in [-0.25, -0.2) is 15.0 Å². The van der Waals surface area contributed by atoms with Crippen LogP contribution in [0.1, 0.15) is 24.1 Å². The summed E-state index contributed by atoms with van der Waals surface area (Å²) in [7, 11) is 0. The molecule has 6 heteroatoms. The zero-order chi connectivity index (χ0) is 14.7. The molecule has 0 aliphatic carbocycles. The number of nitrogens with zero attached hydrogens (tertiary/aromatic N) is 3. The van der Waals surface area contributed by atoms with E-state index in [1.807, 2.05) is 19.1 Å². The first-order valence-corrected chi connectivity index (χ1v) is 7.01. The van der Waals surface area contributed by atoms with Crippen molar-refractivity contribution in [2.75, 3.05) is 25.1 Å². The Morgan fingerprint density at radius 1 is 1.24 bits per heavy atom. The fraction of sp³-hybridized carbons (Fsp3) is 0.400. The van der Waals surface area contributed by atoms with Crippen LogP contribution in [-0.4, -0.2) is 34.7 Å². The molecule has 1 aliphatic rings. The van der Waals surface area contributed by atoms with Crippen molar-refractivity contribution in [3.63, 3.8) is 0 Å². The Morgan fingerprint density at radius 2 is 2.10 bits per heavy atom. The van der Waals surface area contributed by atoms with Crippen molar-refractivity contribution in [3.8, 4) is 11.6 Å². The molecular formula is C15H18N4O2. The molecule has 0 saturated heterocycles. The molecule has 0 unspecified atom stereocenters. The van der Waals surface area contributed by atoms with Gasteiger partial charge >= 0.3 is 0 Å². The lowest BCUT2D eigenvalue weighted by molar-refractivity contribution is 0.162. The summed E-state index contributed by atoms with van der Waals surface area (Å²) < 4.78 is 11.2. The quantitative estimate of drug-likeness (QED) is 0.929. The Bertz CT molecular complexity index is 633. The summed E-state index contributed by atoms with van der Waals surface area (Å²) in [5.74, 6) is 2.42. The minimum Gasteiger partial charge on any atom is -0.484 e. The number of aromatic nitrogens is 3. The van der Waals surface area contributed by atoms with Gasteiger partial charge in [-0.2, -0.15) is 0 Å². The van der Waals surface area contributed by atoms with Crippen LogP contribution < -0.4 is 14.8 Å². The van der Waals surface area contributed by atoms with Gasteiger partial charge in [0.25, 0.3) is 5.88 Å². The maximum atomic E-state index is 5.71. The van der Waals surface area contributed by atoms with E-state index >= 15 is 0 Å². The highest BCUT2D eigenvalue weighted by molar-refractivity contribution is 5.45. The molecule has 1 aliphatic heterocycles. The first-order valence-electron chi connectivity index (χ1n) is 7.01. The Labute approximate surface area is 123 Å². The molecule has 2 aromatic rings. The zero-order valence-electron chi connectivity index (χ0n) is 12.2. The molecule has 0 amide bonds. The molecule has 110 valence electrons. The molecule has 3 rings (SSSR count). The lowest BCUT2D eigenvalue weighted by atomic mass is 10.0. The largest absolute Gasteiger partial charge is 0.484 e. The number of ether oxygens (including phenoxy) is 2. The van der Waals surface area contributed by atoms with Crippen LogP contribution in [0.2, 0.25) is 0 Å². The average Bonchev–Trinajstić information content (AvgIpc) is 2.52. The molecule has 6 nitrogen and oxygen atoms in total. The fourth-order valence-corrected chi connectivity index (χ4v) is 2.28. The summed E-state index contributed by atoms with van der Waals surface area (Å²) in [4.78, 5) is 12.5. The van der Waals surface area contributed by atoms with Gasteiger partial charge in [-0.05, 0) is 13.0 Å². The maximum Gasteiger partial charge on any atom is 0.257 e. The second kappa shape index (κ2) is 5.95. The van der Waals surface area contributed by atoms with Gasteiger partial charge in [-0.15, -0.1) is 0 Å². The van der Waals surface area contributed by atoms with Crippen molar-refractivity contribution < 1.29 is 9.47 Å². The SMILES string of the molecule is Cc1cc(NC[C@@H](C)c2ccnc3c2OCCO3)ncn1. The van der Waals surface area contributed by atoms with E-state index in [1.54, 1.807) is 12.5 Å². The molecule has 0 saturated carbocycles. The van der Waals surface area contributed by atoms with Crippen molar-refractivity contribution in [3.05, 3.63) is 35.9 Å². The molecule has 0 fully saturated rings. The highest BCUT2D eigenvalue weighted by Gasteiger charge is 2.20. The average molecular weight is 286 g/mol. The Morgan fingerprint density at radius 3 is 2.95 bits per heavy atom. The lowest BCUT2D eigenvalue weighted by Gasteiger charge is -2.22. The van der Waals surface area contributed by atoms with Gasteiger partial charge in [-0.1, -0.05) is 6.92 Å². The van der Waals surface area contributed by atoms with E-state index in [-0.39, 0.29) is 5.92 Å². The summed E-state index contributed by atoms with van der Waals surface area (Å²) >= 11 is 0. The number of fused-ring (bicyclic) bond motifs is 1. The van der Waals surface area contributed by atoms with Crippen LogP contribution >= 0.6 is 0 Å². The Hall–Kier alpha value is -2.37. The number of pyridine rings is 1. The van der Waals surface area contributed by atoms with Crippen molar-refractivity contribution in [2.45, 2.75) is 19.8 Å². The van der Waals surface area contributed by atoms with Gasteiger partial charge in [0.1, 0.15) is 25.4 Å². The molecule has 1 atom stereocenters. The summed E-state index contributed by atoms with van der Waals surface area (Å²) in [5, 5.41) is 3.32. The van der Waals surface area contributed by atoms with Crippen molar-refractivity contribution in [1.82, 2.24) is 15.0 Å². The predicted molar refractivity (Wildman–Crippen MR) is 78.9 cm³/mol. The van der Waals surface area contributed by atoms with Gasteiger partial charge < -0.3 is 14.8 Å². The van der Waals surface area contributed by atoms with E-state index in [9.17, 15) is 0 Å². The third-order valence-electron chi connectivity index (χ3n) is 3.39. The number of aryl methyl sites for hydroxylation is 1. The number of hydrogen-bond donors (Lipinski definition) is 1. The van der Waals surface area contributed by atoms with Crippen LogP contribution in [0, 0.1) is 6.92 Å². The Kier molecular flexibility index (Phi) is 3.85. The predicted octanol–water partition coefficient (Wildman–Crippen LogP) is 2.17. The number of rotatable bonds is 4. The summed E-state index contributed by atoms with van der Waals surface area (Å²) in [5.41, 5.74) is 2.04. The van der Waals surface area contributed by atoms with Gasteiger partial charge in [0.2, 0.25) is 0 Å². The first kappa shape index (κ1) is 13.6. The highest BCUT2D eigenvalue weighted by Crippen LogP contribution is 2.35. The van der Waals surface area contributed by atoms with E-state index in [4.69, 9.17) is 9.47 Å². The monoisotopic (exact) mass is 286 g/mol. The van der Waals surface area contributed by atoms with E-state index in [1.165, 1.54) is 0 Å². The third-order valence-corrected chi connectivity index (χ3v) is 3.39. The zero-order valence-corrected chi connectivity index (χ0v) is 12.2. The lowest BCUT2D eigenvalue weighted by Crippen LogP contribution is -2.19. The summed E-state index contributed by atoms with van der Waals surface area (Å²) in [6.07, 6.45) is 3.32. The van der Waals surface area contributed by atoms with Gasteiger partial charge in [0.15, 0.2) is 5.75 Å². The minimum atomic E-state index is 0.249. The Balaban J connectivity index is 1.72. The van der Waals surface area contributed by atoms with E-state index in [0.29, 0.717) is 19.1 Å². The van der Waals surface area contributed by atoms with Crippen molar-refractivity contribution in [1.29, 1.82) is 0 Å². The van der Waals surface area contributed by atoms with Crippen LogP contribution in [0.25, 0.3) is 0 Å². The molecule has 3 heterocycles. The van der Waals surface area contributed by atoms with Gasteiger partial charge in [0.05, 0.1) is 0 Å². The molecule has 2 aromatic heterocycles. The van der Waals surface area contributed by atoms with Crippen LogP contribution in [0.4, 0.5) is 5.82 Å². The summed E-state index contributed by atoms with van der Waals surface area (Å²) in [6.45, 7) is 5.94. The number of hydrogen-bond acceptors (Lipinski definition) is 6. The molecule has 0 spiro atoms. The standard InChI is InChI=1S/C15H18N4O2/c1-10(8-17-13-7-11(2)18-9-19-13)12-3-4-16-15-14(12)20-5-6-21-15/h3-4,7,9-10H,5-6,8H2,1-2H3,(H,17,18,19)/t10-/m1/s1. The van der Waals surface area contributed by atoms with Crippen molar-refractivity contribution in [2.24, 2.45) is 0 Å². The van der Waals surface area contributed by atoms with Crippen molar-refractivity contribution >= 4 is 5.82 Å². The molecule has 1 N–H and O–H groups in total. The second-order valence-corrected chi connectivity index (χ2v) is 5.06. The highest BCUT2D eigenvalue weighted by atomic mass is 16.6. The first-order chi connectivity index (χ1) is 10.2. The molecule has 21 heavy (non-hydrogen) atoms. The number of anilines is 1. The summed E-state index contributed by atoms with van der Waals surface area (Å²) in [6, 6.07) is 3.90. The van der Waals surface area contributed by atoms with E-state index < -0.39 is 0 Å². The molecular weight excluding hydrogens is 268 g/mol. The van der Waals surface area contributed by atoms with E-state index in [0.717, 1.165) is 29.4 Å². The van der Waals surface area contributed by atoms with E-state index in [2.05, 4.69) is 27.2 Å². The smallest absolute Gasteiger partial charge is 0.257 e. The third kappa shape index (κ3) is 3.04. The normalized spacial score (nSPS) is 14.6. The van der Waals surface area contributed by atoms with Crippen LogP contribution in [0.3, 0.4) is 0 Å². The second-order valence-electron chi connectivity index (χ2n) is 5.06. The van der Waals surface area contributed by atoms with Crippen LogP contribution in [0.5, 0.6) is 11.6 Å². The fourth-order valence-electron chi connectivity index (χ4n) is 2.28. The maximum absolute atomic E-state index is 5.71. The molecule has 0 radical (unpaired) electrons. The van der Waals surface area contributed by atoms with Gasteiger partial charge in [0, 0.05) is 36.0 Å².